The van der Waals surface area contributed by atoms with Crippen LogP contribution in [0.25, 0.3) is 0 Å². The average Bonchev–Trinajstić information content (AvgIpc) is 1.90. The fraction of sp³-hybridized carbons (Fsp3) is 0.200. The molecule has 0 saturated carbocycles. The molecule has 8 heavy (non-hydrogen) atoms. The maximum Gasteiger partial charge on any atom is 0.236 e. The molecule has 3 heteroatoms. The van der Waals surface area contributed by atoms with Gasteiger partial charge < -0.3 is 4.74 Å². The molecule has 0 fully saturated rings. The molecular weight excluding hydrogens is 106 g/mol. The molecule has 0 aromatic rings. The second-order valence-corrected chi connectivity index (χ2v) is 1.35. The van der Waals surface area contributed by atoms with Gasteiger partial charge in [0, 0.05) is 0 Å². The number of hydrogen-bond acceptors (Lipinski definition) is 3. The van der Waals surface area contributed by atoms with Crippen LogP contribution in [0.3, 0.4) is 0 Å². The molecule has 3 nitrogen and oxygen atoms in total. The van der Waals surface area contributed by atoms with E-state index in [4.69, 9.17) is 10.6 Å². The van der Waals surface area contributed by atoms with Gasteiger partial charge in [-0.3, -0.25) is 4.84 Å². The highest BCUT2D eigenvalue weighted by Crippen LogP contribution is 1.99. The van der Waals surface area contributed by atoms with Crippen LogP contribution in [0, 0.1) is 0 Å². The lowest BCUT2D eigenvalue weighted by atomic mass is 10.4. The van der Waals surface area contributed by atoms with E-state index in [0.29, 0.717) is 0 Å². The summed E-state index contributed by atoms with van der Waals surface area (Å²) in [6.07, 6.45) is 6.40. The molecule has 2 N–H and O–H groups in total. The molecule has 0 saturated heterocycles. The molecule has 1 unspecified atom stereocenters. The standard InChI is InChI=1S/C5H7NO2/c6-8-5-3-1-2-4-7-5/h1-5H,6H2. The molecule has 0 aromatic carbocycles. The zero-order chi connectivity index (χ0) is 5.82. The maximum atomic E-state index is 4.81. The number of nitrogens with two attached hydrogens (primary N) is 1. The minimum Gasteiger partial charge on any atom is -0.467 e. The van der Waals surface area contributed by atoms with Gasteiger partial charge in [-0.2, -0.15) is 0 Å². The van der Waals surface area contributed by atoms with Crippen LogP contribution >= 0.6 is 0 Å². The number of rotatable bonds is 1. The molecule has 0 amide bonds. The summed E-state index contributed by atoms with van der Waals surface area (Å²) >= 11 is 0. The van der Waals surface area contributed by atoms with Crippen molar-refractivity contribution >= 4 is 0 Å². The first-order valence-corrected chi connectivity index (χ1v) is 2.28. The molecule has 0 radical (unpaired) electrons. The Kier molecular flexibility index (Phi) is 1.66. The molecule has 0 spiro atoms. The normalized spacial score (nSPS) is 25.4. The Labute approximate surface area is 47.3 Å². The van der Waals surface area contributed by atoms with Crippen molar-refractivity contribution in [3.63, 3.8) is 0 Å². The predicted octanol–water partition coefficient (Wildman–Crippen LogP) is 0.303. The van der Waals surface area contributed by atoms with Gasteiger partial charge >= 0.3 is 0 Å². The van der Waals surface area contributed by atoms with E-state index in [-0.39, 0.29) is 0 Å². The van der Waals surface area contributed by atoms with E-state index in [1.807, 2.05) is 0 Å². The third kappa shape index (κ3) is 1.08. The lowest BCUT2D eigenvalue weighted by Gasteiger charge is -2.10. The van der Waals surface area contributed by atoms with Crippen LogP contribution in [-0.2, 0) is 9.57 Å². The largest absolute Gasteiger partial charge is 0.467 e. The molecule has 0 aliphatic carbocycles. The average molecular weight is 113 g/mol. The molecule has 44 valence electrons. The van der Waals surface area contributed by atoms with Gasteiger partial charge in [-0.05, 0) is 12.2 Å². The minimum atomic E-state index is -0.403. The van der Waals surface area contributed by atoms with Crippen molar-refractivity contribution in [1.82, 2.24) is 0 Å². The monoisotopic (exact) mass is 113 g/mol. The zero-order valence-electron chi connectivity index (χ0n) is 4.28. The second-order valence-electron chi connectivity index (χ2n) is 1.35. The molecule has 0 bridgehead atoms. The van der Waals surface area contributed by atoms with Crippen LogP contribution in [-0.4, -0.2) is 6.29 Å². The van der Waals surface area contributed by atoms with Gasteiger partial charge in [0.2, 0.25) is 6.29 Å². The Morgan fingerprint density at radius 1 is 1.50 bits per heavy atom. The smallest absolute Gasteiger partial charge is 0.236 e. The summed E-state index contributed by atoms with van der Waals surface area (Å²) in [5.74, 6) is 4.79. The van der Waals surface area contributed by atoms with E-state index in [1.165, 1.54) is 6.26 Å². The number of allylic oxidation sites excluding steroid dienone is 2. The van der Waals surface area contributed by atoms with Gasteiger partial charge in [0.25, 0.3) is 0 Å². The van der Waals surface area contributed by atoms with Crippen molar-refractivity contribution in [2.45, 2.75) is 6.29 Å². The number of hydrogen-bond donors (Lipinski definition) is 1. The van der Waals surface area contributed by atoms with Crippen molar-refractivity contribution < 1.29 is 9.57 Å². The summed E-state index contributed by atoms with van der Waals surface area (Å²) in [6, 6.07) is 0. The summed E-state index contributed by atoms with van der Waals surface area (Å²) in [6.45, 7) is 0. The van der Waals surface area contributed by atoms with Crippen LogP contribution in [0.4, 0.5) is 0 Å². The van der Waals surface area contributed by atoms with Crippen LogP contribution in [0.5, 0.6) is 0 Å². The predicted molar refractivity (Wildman–Crippen MR) is 28.4 cm³/mol. The Hall–Kier alpha value is -0.800. The molecule has 0 aromatic heterocycles. The first-order valence-electron chi connectivity index (χ1n) is 2.28. The van der Waals surface area contributed by atoms with Crippen molar-refractivity contribution in [3.05, 3.63) is 24.5 Å². The Bertz CT molecular complexity index is 120. The van der Waals surface area contributed by atoms with Gasteiger partial charge in [0.15, 0.2) is 0 Å². The van der Waals surface area contributed by atoms with E-state index >= 15 is 0 Å². The van der Waals surface area contributed by atoms with Gasteiger partial charge in [0.05, 0.1) is 6.26 Å². The topological polar surface area (TPSA) is 44.5 Å². The Balaban J connectivity index is 2.40. The quantitative estimate of drug-likeness (QED) is 0.497. The number of ether oxygens (including phenoxy) is 1. The lowest BCUT2D eigenvalue weighted by Crippen LogP contribution is -2.16. The van der Waals surface area contributed by atoms with Crippen LogP contribution < -0.4 is 5.90 Å². The van der Waals surface area contributed by atoms with Crippen molar-refractivity contribution in [2.24, 2.45) is 5.90 Å². The molecule has 1 aliphatic heterocycles. The van der Waals surface area contributed by atoms with Crippen molar-refractivity contribution in [3.8, 4) is 0 Å². The highest BCUT2D eigenvalue weighted by atomic mass is 16.7. The van der Waals surface area contributed by atoms with E-state index in [1.54, 1.807) is 18.2 Å². The summed E-state index contributed by atoms with van der Waals surface area (Å²) in [5, 5.41) is 0. The Morgan fingerprint density at radius 3 is 2.75 bits per heavy atom. The molecule has 1 atom stereocenters. The summed E-state index contributed by atoms with van der Waals surface area (Å²) in [7, 11) is 0. The van der Waals surface area contributed by atoms with E-state index < -0.39 is 6.29 Å². The van der Waals surface area contributed by atoms with E-state index in [2.05, 4.69) is 4.84 Å². The van der Waals surface area contributed by atoms with Gasteiger partial charge in [-0.25, -0.2) is 5.90 Å². The fourth-order valence-corrected chi connectivity index (χ4v) is 0.446. The summed E-state index contributed by atoms with van der Waals surface area (Å²) < 4.78 is 4.81. The second kappa shape index (κ2) is 2.49. The van der Waals surface area contributed by atoms with E-state index in [9.17, 15) is 0 Å². The zero-order valence-corrected chi connectivity index (χ0v) is 4.28. The summed E-state index contributed by atoms with van der Waals surface area (Å²) in [4.78, 5) is 4.33. The van der Waals surface area contributed by atoms with E-state index in [0.717, 1.165) is 0 Å². The molecule has 1 aliphatic rings. The Morgan fingerprint density at radius 2 is 2.38 bits per heavy atom. The van der Waals surface area contributed by atoms with Gasteiger partial charge in [-0.15, -0.1) is 0 Å². The SMILES string of the molecule is NOC1C=CC=CO1. The summed E-state index contributed by atoms with van der Waals surface area (Å²) in [5.41, 5.74) is 0. The van der Waals surface area contributed by atoms with Crippen molar-refractivity contribution in [1.29, 1.82) is 0 Å². The molecular formula is C5H7NO2. The highest BCUT2D eigenvalue weighted by Gasteiger charge is 2.00. The van der Waals surface area contributed by atoms with Gasteiger partial charge in [0.1, 0.15) is 0 Å². The third-order valence-electron chi connectivity index (χ3n) is 0.805. The van der Waals surface area contributed by atoms with Crippen LogP contribution in [0.2, 0.25) is 0 Å². The van der Waals surface area contributed by atoms with Gasteiger partial charge in [-0.1, -0.05) is 6.08 Å². The first kappa shape index (κ1) is 5.34. The lowest BCUT2D eigenvalue weighted by molar-refractivity contribution is -0.0762. The van der Waals surface area contributed by atoms with Crippen LogP contribution in [0.1, 0.15) is 0 Å². The first-order chi connectivity index (χ1) is 3.93. The third-order valence-corrected chi connectivity index (χ3v) is 0.805. The van der Waals surface area contributed by atoms with Crippen molar-refractivity contribution in [2.75, 3.05) is 0 Å². The van der Waals surface area contributed by atoms with Crippen LogP contribution in [0.15, 0.2) is 24.5 Å². The fourth-order valence-electron chi connectivity index (χ4n) is 0.446. The highest BCUT2D eigenvalue weighted by molar-refractivity contribution is 5.05. The molecule has 1 rings (SSSR count). The molecule has 1 heterocycles. The maximum absolute atomic E-state index is 4.81. The minimum absolute atomic E-state index is 0.403.